The molecule has 2 aromatic rings. The summed E-state index contributed by atoms with van der Waals surface area (Å²) in [5, 5.41) is 0. The Morgan fingerprint density at radius 3 is 2.38 bits per heavy atom. The number of hydrogen-bond acceptors (Lipinski definition) is 7. The van der Waals surface area contributed by atoms with Gasteiger partial charge in [-0.15, -0.1) is 0 Å². The zero-order valence-corrected chi connectivity index (χ0v) is 11.7. The van der Waals surface area contributed by atoms with Crippen LogP contribution in [-0.2, 0) is 11.3 Å². The highest BCUT2D eigenvalue weighted by Crippen LogP contribution is 2.32. The molecule has 1 aromatic heterocycles. The Bertz CT molecular complexity index is 632. The largest absolute Gasteiger partial charge is 0.493 e. The van der Waals surface area contributed by atoms with Gasteiger partial charge in [0.15, 0.2) is 23.9 Å². The summed E-state index contributed by atoms with van der Waals surface area (Å²) in [6.07, 6.45) is 3.14. The van der Waals surface area contributed by atoms with Crippen molar-refractivity contribution in [3.63, 3.8) is 0 Å². The number of anilines is 1. The minimum atomic E-state index is -0.582. The number of ether oxygens (including phenoxy) is 3. The minimum Gasteiger partial charge on any atom is -0.493 e. The van der Waals surface area contributed by atoms with Crippen LogP contribution in [0.2, 0.25) is 0 Å². The van der Waals surface area contributed by atoms with Crippen molar-refractivity contribution in [3.05, 3.63) is 42.0 Å². The summed E-state index contributed by atoms with van der Waals surface area (Å²) >= 11 is 0. The SMILES string of the molecule is COc1cc(N)c(C(=O)OCc2ncccn2)cc1OC. The molecular formula is C14H15N3O4. The maximum absolute atomic E-state index is 12.1. The molecule has 0 aliphatic rings. The molecule has 21 heavy (non-hydrogen) atoms. The van der Waals surface area contributed by atoms with Gasteiger partial charge in [-0.25, -0.2) is 14.8 Å². The molecule has 7 nitrogen and oxygen atoms in total. The van der Waals surface area contributed by atoms with Crippen LogP contribution in [0.15, 0.2) is 30.6 Å². The zero-order chi connectivity index (χ0) is 15.2. The van der Waals surface area contributed by atoms with Crippen LogP contribution in [0, 0.1) is 0 Å². The molecule has 0 radical (unpaired) electrons. The van der Waals surface area contributed by atoms with Crippen LogP contribution >= 0.6 is 0 Å². The lowest BCUT2D eigenvalue weighted by atomic mass is 10.1. The van der Waals surface area contributed by atoms with E-state index in [9.17, 15) is 4.79 Å². The van der Waals surface area contributed by atoms with E-state index in [1.807, 2.05) is 0 Å². The highest BCUT2D eigenvalue weighted by atomic mass is 16.5. The third-order valence-electron chi connectivity index (χ3n) is 2.73. The van der Waals surface area contributed by atoms with E-state index in [0.29, 0.717) is 17.3 Å². The second-order valence-electron chi connectivity index (χ2n) is 4.04. The summed E-state index contributed by atoms with van der Waals surface area (Å²) in [7, 11) is 2.96. The van der Waals surface area contributed by atoms with Crippen LogP contribution in [0.4, 0.5) is 5.69 Å². The van der Waals surface area contributed by atoms with Gasteiger partial charge in [0.2, 0.25) is 0 Å². The Hall–Kier alpha value is -2.83. The molecule has 110 valence electrons. The number of carbonyl (C=O) groups excluding carboxylic acids is 1. The number of nitrogens with two attached hydrogens (primary N) is 1. The molecule has 0 amide bonds. The molecular weight excluding hydrogens is 274 g/mol. The number of hydrogen-bond donors (Lipinski definition) is 1. The van der Waals surface area contributed by atoms with E-state index in [-0.39, 0.29) is 17.9 Å². The number of carbonyl (C=O) groups is 1. The van der Waals surface area contributed by atoms with Crippen LogP contribution in [0.5, 0.6) is 11.5 Å². The predicted molar refractivity (Wildman–Crippen MR) is 75.1 cm³/mol. The number of aromatic nitrogens is 2. The molecule has 2 N–H and O–H groups in total. The lowest BCUT2D eigenvalue weighted by Crippen LogP contribution is -2.10. The van der Waals surface area contributed by atoms with Gasteiger partial charge in [-0.1, -0.05) is 0 Å². The average molecular weight is 289 g/mol. The van der Waals surface area contributed by atoms with Crippen molar-refractivity contribution in [2.24, 2.45) is 0 Å². The highest BCUT2D eigenvalue weighted by Gasteiger charge is 2.16. The quantitative estimate of drug-likeness (QED) is 0.657. The molecule has 1 aromatic carbocycles. The van der Waals surface area contributed by atoms with Gasteiger partial charge in [0, 0.05) is 24.5 Å². The molecule has 7 heteroatoms. The Morgan fingerprint density at radius 2 is 1.76 bits per heavy atom. The Labute approximate surface area is 121 Å². The average Bonchev–Trinajstić information content (AvgIpc) is 2.53. The van der Waals surface area contributed by atoms with Crippen molar-refractivity contribution < 1.29 is 19.0 Å². The summed E-state index contributed by atoms with van der Waals surface area (Å²) in [5.74, 6) is 0.665. The number of esters is 1. The van der Waals surface area contributed by atoms with Crippen molar-refractivity contribution in [1.82, 2.24) is 9.97 Å². The topological polar surface area (TPSA) is 96.6 Å². The zero-order valence-electron chi connectivity index (χ0n) is 11.7. The Morgan fingerprint density at radius 1 is 1.14 bits per heavy atom. The first kappa shape index (κ1) is 14.6. The van der Waals surface area contributed by atoms with E-state index in [4.69, 9.17) is 19.9 Å². The van der Waals surface area contributed by atoms with Crippen molar-refractivity contribution in [1.29, 1.82) is 0 Å². The molecule has 1 heterocycles. The highest BCUT2D eigenvalue weighted by molar-refractivity contribution is 5.96. The number of benzene rings is 1. The molecule has 0 atom stereocenters. The number of nitrogen functional groups attached to an aromatic ring is 1. The first-order chi connectivity index (χ1) is 10.2. The molecule has 0 fully saturated rings. The number of rotatable bonds is 5. The van der Waals surface area contributed by atoms with Gasteiger partial charge in [-0.3, -0.25) is 0 Å². The Kier molecular flexibility index (Phi) is 4.55. The molecule has 0 aliphatic carbocycles. The van der Waals surface area contributed by atoms with Crippen molar-refractivity contribution in [2.75, 3.05) is 20.0 Å². The predicted octanol–water partition coefficient (Wildman–Crippen LogP) is 1.43. The molecule has 0 unspecified atom stereocenters. The maximum atomic E-state index is 12.1. The number of nitrogens with zero attached hydrogens (tertiary/aromatic N) is 2. The second kappa shape index (κ2) is 6.56. The van der Waals surface area contributed by atoms with Gasteiger partial charge in [0.1, 0.15) is 0 Å². The smallest absolute Gasteiger partial charge is 0.340 e. The van der Waals surface area contributed by atoms with Crippen molar-refractivity contribution >= 4 is 11.7 Å². The molecule has 0 spiro atoms. The first-order valence-electron chi connectivity index (χ1n) is 6.10. The van der Waals surface area contributed by atoms with E-state index in [0.717, 1.165) is 0 Å². The summed E-state index contributed by atoms with van der Waals surface area (Å²) < 4.78 is 15.4. The fraction of sp³-hybridized carbons (Fsp3) is 0.214. The number of methoxy groups -OCH3 is 2. The maximum Gasteiger partial charge on any atom is 0.340 e. The van der Waals surface area contributed by atoms with Crippen LogP contribution in [0.25, 0.3) is 0 Å². The molecule has 0 saturated carbocycles. The molecule has 0 aliphatic heterocycles. The van der Waals surface area contributed by atoms with Crippen LogP contribution in [-0.4, -0.2) is 30.2 Å². The van der Waals surface area contributed by atoms with E-state index < -0.39 is 5.97 Å². The molecule has 0 bridgehead atoms. The van der Waals surface area contributed by atoms with Gasteiger partial charge >= 0.3 is 5.97 Å². The van der Waals surface area contributed by atoms with Crippen LogP contribution < -0.4 is 15.2 Å². The van der Waals surface area contributed by atoms with Crippen molar-refractivity contribution in [3.8, 4) is 11.5 Å². The fourth-order valence-electron chi connectivity index (χ4n) is 1.68. The van der Waals surface area contributed by atoms with E-state index in [1.165, 1.54) is 26.4 Å². The monoisotopic (exact) mass is 289 g/mol. The minimum absolute atomic E-state index is 0.0343. The van der Waals surface area contributed by atoms with E-state index in [1.54, 1.807) is 18.5 Å². The van der Waals surface area contributed by atoms with Crippen LogP contribution in [0.1, 0.15) is 16.2 Å². The summed E-state index contributed by atoms with van der Waals surface area (Å²) in [6, 6.07) is 4.66. The summed E-state index contributed by atoms with van der Waals surface area (Å²) in [4.78, 5) is 20.0. The Balaban J connectivity index is 2.15. The van der Waals surface area contributed by atoms with Gasteiger partial charge < -0.3 is 19.9 Å². The summed E-state index contributed by atoms with van der Waals surface area (Å²) in [6.45, 7) is -0.0343. The standard InChI is InChI=1S/C14H15N3O4/c1-19-11-6-9(10(15)7-12(11)20-2)14(18)21-8-13-16-4-3-5-17-13/h3-7H,8,15H2,1-2H3. The second-order valence-corrected chi connectivity index (χ2v) is 4.04. The van der Waals surface area contributed by atoms with E-state index >= 15 is 0 Å². The van der Waals surface area contributed by atoms with Gasteiger partial charge in [-0.2, -0.15) is 0 Å². The van der Waals surface area contributed by atoms with Crippen molar-refractivity contribution in [2.45, 2.75) is 6.61 Å². The molecule has 2 rings (SSSR count). The molecule has 0 saturated heterocycles. The van der Waals surface area contributed by atoms with Crippen LogP contribution in [0.3, 0.4) is 0 Å². The fourth-order valence-corrected chi connectivity index (χ4v) is 1.68. The van der Waals surface area contributed by atoms with Gasteiger partial charge in [0.05, 0.1) is 25.5 Å². The third kappa shape index (κ3) is 3.38. The van der Waals surface area contributed by atoms with Gasteiger partial charge in [-0.05, 0) is 6.07 Å². The van der Waals surface area contributed by atoms with Gasteiger partial charge in [0.25, 0.3) is 0 Å². The normalized spacial score (nSPS) is 10.0. The lowest BCUT2D eigenvalue weighted by Gasteiger charge is -2.12. The third-order valence-corrected chi connectivity index (χ3v) is 2.73. The lowest BCUT2D eigenvalue weighted by molar-refractivity contribution is 0.0463. The van der Waals surface area contributed by atoms with E-state index in [2.05, 4.69) is 9.97 Å². The summed E-state index contributed by atoms with van der Waals surface area (Å²) in [5.41, 5.74) is 6.26. The first-order valence-corrected chi connectivity index (χ1v) is 6.10.